The third-order valence-electron chi connectivity index (χ3n) is 4.32. The second kappa shape index (κ2) is 10.0. The maximum atomic E-state index is 12.6. The Morgan fingerprint density at radius 1 is 1.00 bits per heavy atom. The number of ether oxygens (including phenoxy) is 4. The zero-order valence-corrected chi connectivity index (χ0v) is 17.9. The Kier molecular flexibility index (Phi) is 7.66. The quantitative estimate of drug-likeness (QED) is 0.210. The van der Waals surface area contributed by atoms with Crippen molar-refractivity contribution in [3.63, 3.8) is 0 Å². The highest BCUT2D eigenvalue weighted by molar-refractivity contribution is 6.00. The van der Waals surface area contributed by atoms with Crippen LogP contribution in [0.3, 0.4) is 0 Å². The summed E-state index contributed by atoms with van der Waals surface area (Å²) < 4.78 is 20.1. The lowest BCUT2D eigenvalue weighted by atomic mass is 10.1. The molecule has 0 radical (unpaired) electrons. The van der Waals surface area contributed by atoms with E-state index in [2.05, 4.69) is 4.74 Å². The van der Waals surface area contributed by atoms with Crippen molar-refractivity contribution < 1.29 is 59.1 Å². The van der Waals surface area contributed by atoms with Crippen LogP contribution in [0.25, 0.3) is 0 Å². The molecule has 13 nitrogen and oxygen atoms in total. The van der Waals surface area contributed by atoms with E-state index in [4.69, 9.17) is 19.3 Å². The molecule has 0 aliphatic rings. The van der Waals surface area contributed by atoms with E-state index in [1.54, 1.807) is 0 Å². The number of carboxylic acid groups (broad SMARTS) is 1. The molecule has 33 heavy (non-hydrogen) atoms. The number of hydrogen-bond donors (Lipinski definition) is 5. The summed E-state index contributed by atoms with van der Waals surface area (Å²) in [6, 6.07) is 3.29. The molecule has 0 fully saturated rings. The first-order chi connectivity index (χ1) is 15.4. The second-order valence-corrected chi connectivity index (χ2v) is 6.62. The van der Waals surface area contributed by atoms with Crippen molar-refractivity contribution in [1.29, 1.82) is 0 Å². The molecule has 0 amide bonds. The Morgan fingerprint density at radius 2 is 1.64 bits per heavy atom. The van der Waals surface area contributed by atoms with Gasteiger partial charge in [-0.3, -0.25) is 0 Å². The number of benzene rings is 2. The molecule has 1 unspecified atom stereocenters. The number of nitrogens with one attached hydrogen (secondary N) is 1. The minimum absolute atomic E-state index is 0.308. The van der Waals surface area contributed by atoms with Gasteiger partial charge < -0.3 is 39.5 Å². The number of carboxylic acids is 1. The van der Waals surface area contributed by atoms with Crippen molar-refractivity contribution >= 4 is 23.6 Å². The van der Waals surface area contributed by atoms with Gasteiger partial charge in [-0.05, 0) is 31.5 Å². The number of methoxy groups -OCH3 is 2. The summed E-state index contributed by atoms with van der Waals surface area (Å²) in [4.78, 5) is 36.0. The van der Waals surface area contributed by atoms with Gasteiger partial charge in [-0.15, -0.1) is 0 Å². The number of carbonyl (C=O) groups excluding carboxylic acids is 2. The van der Waals surface area contributed by atoms with Gasteiger partial charge in [0, 0.05) is 6.07 Å². The summed E-state index contributed by atoms with van der Waals surface area (Å²) in [7, 11) is 2.10. The SMILES string of the molecule is COC(=O)c1c(Oc2cc(C)cc(O)c2C(=O)O[C@@H](C)C(=O)O)c(OC)cc(O)c1[NH+]([O-])O. The summed E-state index contributed by atoms with van der Waals surface area (Å²) in [5, 5.41) is 48.9. The molecule has 2 aromatic carbocycles. The lowest BCUT2D eigenvalue weighted by molar-refractivity contribution is -0.991. The third kappa shape index (κ3) is 5.23. The van der Waals surface area contributed by atoms with Crippen molar-refractivity contribution in [2.75, 3.05) is 14.2 Å². The third-order valence-corrected chi connectivity index (χ3v) is 4.32. The van der Waals surface area contributed by atoms with Crippen LogP contribution in [0.5, 0.6) is 28.7 Å². The molecular formula is C20H21NO12. The molecule has 0 heterocycles. The number of aliphatic carboxylic acids is 1. The first kappa shape index (κ1) is 25.2. The largest absolute Gasteiger partial charge is 0.595 e. The van der Waals surface area contributed by atoms with Gasteiger partial charge in [0.15, 0.2) is 28.9 Å². The predicted octanol–water partition coefficient (Wildman–Crippen LogP) is 1.03. The number of phenolic OH excluding ortho intramolecular Hbond substituents is 2. The lowest BCUT2D eigenvalue weighted by Gasteiger charge is -2.21. The predicted molar refractivity (Wildman–Crippen MR) is 107 cm³/mol. The zero-order chi connectivity index (χ0) is 25.0. The van der Waals surface area contributed by atoms with Crippen LogP contribution >= 0.6 is 0 Å². The van der Waals surface area contributed by atoms with E-state index in [-0.39, 0.29) is 5.75 Å². The molecule has 2 rings (SSSR count). The molecule has 2 atom stereocenters. The Balaban J connectivity index is 2.77. The first-order valence-corrected chi connectivity index (χ1v) is 9.13. The number of rotatable bonds is 8. The van der Waals surface area contributed by atoms with Crippen molar-refractivity contribution in [2.24, 2.45) is 0 Å². The van der Waals surface area contributed by atoms with Gasteiger partial charge in [0.2, 0.25) is 5.69 Å². The normalized spacial score (nSPS) is 12.4. The van der Waals surface area contributed by atoms with Crippen molar-refractivity contribution in [1.82, 2.24) is 0 Å². The van der Waals surface area contributed by atoms with Gasteiger partial charge >= 0.3 is 17.9 Å². The first-order valence-electron chi connectivity index (χ1n) is 9.13. The fourth-order valence-corrected chi connectivity index (χ4v) is 2.79. The van der Waals surface area contributed by atoms with E-state index in [1.165, 1.54) is 19.1 Å². The Morgan fingerprint density at radius 3 is 2.15 bits per heavy atom. The highest BCUT2D eigenvalue weighted by atomic mass is 16.8. The van der Waals surface area contributed by atoms with E-state index in [0.717, 1.165) is 27.2 Å². The van der Waals surface area contributed by atoms with E-state index < -0.39 is 69.1 Å². The van der Waals surface area contributed by atoms with Crippen molar-refractivity contribution in [3.05, 3.63) is 40.1 Å². The van der Waals surface area contributed by atoms with Crippen molar-refractivity contribution in [3.8, 4) is 28.7 Å². The fraction of sp³-hybridized carbons (Fsp3) is 0.250. The van der Waals surface area contributed by atoms with Crippen molar-refractivity contribution in [2.45, 2.75) is 20.0 Å². The van der Waals surface area contributed by atoms with E-state index >= 15 is 0 Å². The maximum absolute atomic E-state index is 12.6. The van der Waals surface area contributed by atoms with Crippen LogP contribution in [-0.4, -0.2) is 58.8 Å². The fourth-order valence-electron chi connectivity index (χ4n) is 2.79. The second-order valence-electron chi connectivity index (χ2n) is 6.62. The van der Waals surface area contributed by atoms with Crippen LogP contribution in [0.15, 0.2) is 18.2 Å². The Hall–Kier alpha value is -4.07. The highest BCUT2D eigenvalue weighted by Crippen LogP contribution is 2.45. The molecule has 0 saturated heterocycles. The van der Waals surface area contributed by atoms with Crippen LogP contribution in [0.1, 0.15) is 33.2 Å². The number of aryl methyl sites for hydroxylation is 1. The molecule has 0 aliphatic heterocycles. The summed E-state index contributed by atoms with van der Waals surface area (Å²) in [5.41, 5.74) is -1.82. The summed E-state index contributed by atoms with van der Waals surface area (Å²) in [6.07, 6.45) is -1.57. The standard InChI is InChI=1S/C20H21NO12/c1-8-5-10(22)14(20(27)32-9(2)18(24)25)12(6-8)33-17-13(30-3)7-11(23)16(21(28)29)15(17)19(26)31-4/h5-7,9,21-23,28H,1-4H3,(H,24,25)/t9-/m0/s1. The molecule has 0 bridgehead atoms. The minimum Gasteiger partial charge on any atom is -0.595 e. The molecule has 5 N–H and O–H groups in total. The summed E-state index contributed by atoms with van der Waals surface area (Å²) in [5.74, 6) is -6.66. The van der Waals surface area contributed by atoms with Gasteiger partial charge in [0.05, 0.1) is 14.2 Å². The maximum Gasteiger partial charge on any atom is 0.348 e. The minimum atomic E-state index is -1.69. The van der Waals surface area contributed by atoms with Gasteiger partial charge in [-0.2, -0.15) is 5.23 Å². The summed E-state index contributed by atoms with van der Waals surface area (Å²) >= 11 is 0. The van der Waals surface area contributed by atoms with Gasteiger partial charge in [0.1, 0.15) is 17.1 Å². The van der Waals surface area contributed by atoms with E-state index in [9.17, 15) is 35.0 Å². The van der Waals surface area contributed by atoms with Gasteiger partial charge in [-0.25, -0.2) is 19.6 Å². The summed E-state index contributed by atoms with van der Waals surface area (Å²) in [6.45, 7) is 2.61. The van der Waals surface area contributed by atoms with Crippen LogP contribution < -0.4 is 14.7 Å². The molecule has 178 valence electrons. The smallest absolute Gasteiger partial charge is 0.348 e. The van der Waals surface area contributed by atoms with Gasteiger partial charge in [-0.1, -0.05) is 0 Å². The average molecular weight is 467 g/mol. The average Bonchev–Trinajstić information content (AvgIpc) is 2.72. The highest BCUT2D eigenvalue weighted by Gasteiger charge is 2.33. The number of hydrogen-bond acceptors (Lipinski definition) is 11. The molecule has 0 aliphatic carbocycles. The molecule has 0 spiro atoms. The molecule has 2 aromatic rings. The number of phenols is 2. The zero-order valence-electron chi connectivity index (χ0n) is 17.9. The number of aromatic hydroxyl groups is 2. The monoisotopic (exact) mass is 467 g/mol. The number of quaternary nitrogens is 1. The Labute approximate surface area is 186 Å². The lowest BCUT2D eigenvalue weighted by Crippen LogP contribution is -2.99. The van der Waals surface area contributed by atoms with Gasteiger partial charge in [0.25, 0.3) is 0 Å². The molecule has 13 heteroatoms. The topological polar surface area (TPSA) is 197 Å². The molecule has 0 aromatic heterocycles. The van der Waals surface area contributed by atoms with Crippen LogP contribution in [0.2, 0.25) is 0 Å². The number of esters is 2. The van der Waals surface area contributed by atoms with Crippen LogP contribution in [0, 0.1) is 12.1 Å². The number of carbonyl (C=O) groups is 3. The van der Waals surface area contributed by atoms with Crippen LogP contribution in [-0.2, 0) is 14.3 Å². The van der Waals surface area contributed by atoms with E-state index in [1.807, 2.05) is 0 Å². The van der Waals surface area contributed by atoms with E-state index in [0.29, 0.717) is 5.56 Å². The van der Waals surface area contributed by atoms with Crippen LogP contribution in [0.4, 0.5) is 5.69 Å². The molecule has 0 saturated carbocycles. The Bertz CT molecular complexity index is 1100. The molecular weight excluding hydrogens is 446 g/mol.